The number of carbonyl (C=O) groups is 1. The van der Waals surface area contributed by atoms with Crippen molar-refractivity contribution in [3.63, 3.8) is 0 Å². The van der Waals surface area contributed by atoms with E-state index in [0.717, 1.165) is 49.1 Å². The van der Waals surface area contributed by atoms with Crippen LogP contribution in [0.5, 0.6) is 0 Å². The van der Waals surface area contributed by atoms with Gasteiger partial charge >= 0.3 is 12.2 Å². The number of rotatable bonds is 1. The van der Waals surface area contributed by atoms with Gasteiger partial charge in [-0.15, -0.1) is 0 Å². The smallest absolute Gasteiger partial charge is 0.351 e. The Labute approximate surface area is 132 Å². The van der Waals surface area contributed by atoms with Crippen LogP contribution >= 0.6 is 0 Å². The number of halogens is 3. The second-order valence-electron chi connectivity index (χ2n) is 5.91. The minimum Gasteiger partial charge on any atom is -0.351 e. The Morgan fingerprint density at radius 1 is 1.17 bits per heavy atom. The molecule has 0 atom stereocenters. The van der Waals surface area contributed by atoms with Crippen LogP contribution in [0.25, 0.3) is 0 Å². The van der Waals surface area contributed by atoms with Gasteiger partial charge in [0, 0.05) is 17.9 Å². The number of urea groups is 1. The summed E-state index contributed by atoms with van der Waals surface area (Å²) in [4.78, 5) is 14.8. The molecule has 0 unspecified atom stereocenters. The maximum Gasteiger partial charge on any atom is 0.416 e. The molecule has 23 heavy (non-hydrogen) atoms. The largest absolute Gasteiger partial charge is 0.416 e. The van der Waals surface area contributed by atoms with Crippen LogP contribution in [0.4, 0.5) is 23.7 Å². The molecule has 2 amide bonds. The summed E-state index contributed by atoms with van der Waals surface area (Å²) in [5.41, 5.74) is 7.27. The van der Waals surface area contributed by atoms with Crippen LogP contribution in [0.2, 0.25) is 0 Å². The molecular weight excluding hydrogens is 307 g/mol. The minimum atomic E-state index is -4.39. The van der Waals surface area contributed by atoms with Gasteiger partial charge < -0.3 is 15.5 Å². The number of alkyl halides is 3. The molecule has 1 aromatic carbocycles. The Bertz CT molecular complexity index is 654. The zero-order chi connectivity index (χ0) is 16.6. The Kier molecular flexibility index (Phi) is 3.95. The molecular formula is C16H18F3N3O. The topological polar surface area (TPSA) is 49.6 Å². The summed E-state index contributed by atoms with van der Waals surface area (Å²) < 4.78 is 38.9. The quantitative estimate of drug-likeness (QED) is 0.856. The molecule has 0 aromatic heterocycles. The zero-order valence-electron chi connectivity index (χ0n) is 12.6. The van der Waals surface area contributed by atoms with Crippen molar-refractivity contribution in [2.24, 2.45) is 5.73 Å². The molecule has 7 heteroatoms. The highest BCUT2D eigenvalue weighted by Gasteiger charge is 2.33. The summed E-state index contributed by atoms with van der Waals surface area (Å²) in [5, 5.41) is 0. The molecule has 0 saturated carbocycles. The number of nitrogens with zero attached hydrogens (tertiary/aromatic N) is 2. The lowest BCUT2D eigenvalue weighted by Gasteiger charge is -2.41. The maximum absolute atomic E-state index is 13.0. The van der Waals surface area contributed by atoms with Crippen LogP contribution in [0.1, 0.15) is 31.2 Å². The van der Waals surface area contributed by atoms with E-state index in [0.29, 0.717) is 12.2 Å². The number of anilines is 1. The third-order valence-corrected chi connectivity index (χ3v) is 4.37. The molecule has 1 aliphatic heterocycles. The third kappa shape index (κ3) is 3.13. The van der Waals surface area contributed by atoms with E-state index in [4.69, 9.17) is 5.73 Å². The fraction of sp³-hybridized carbons (Fsp3) is 0.438. The molecule has 0 saturated heterocycles. The number of allylic oxidation sites excluding steroid dienone is 1. The molecule has 1 aliphatic carbocycles. The van der Waals surface area contributed by atoms with Crippen LogP contribution in [0.3, 0.4) is 0 Å². The number of benzene rings is 1. The van der Waals surface area contributed by atoms with E-state index in [1.165, 1.54) is 11.0 Å². The number of primary amides is 1. The molecule has 1 aromatic rings. The summed E-state index contributed by atoms with van der Waals surface area (Å²) in [6.45, 7) is 0.662. The minimum absolute atomic E-state index is 0.190. The van der Waals surface area contributed by atoms with E-state index in [9.17, 15) is 18.0 Å². The Morgan fingerprint density at radius 2 is 1.91 bits per heavy atom. The Balaban J connectivity index is 2.00. The van der Waals surface area contributed by atoms with Gasteiger partial charge in [0.2, 0.25) is 0 Å². The highest BCUT2D eigenvalue weighted by molar-refractivity contribution is 5.74. The molecule has 0 spiro atoms. The van der Waals surface area contributed by atoms with Crippen molar-refractivity contribution in [2.45, 2.75) is 31.9 Å². The van der Waals surface area contributed by atoms with Gasteiger partial charge in [0.15, 0.2) is 0 Å². The second kappa shape index (κ2) is 5.79. The van der Waals surface area contributed by atoms with Crippen molar-refractivity contribution in [1.82, 2.24) is 4.90 Å². The van der Waals surface area contributed by atoms with Crippen LogP contribution in [0.15, 0.2) is 35.5 Å². The first kappa shape index (κ1) is 15.7. The molecule has 0 fully saturated rings. The van der Waals surface area contributed by atoms with Crippen molar-refractivity contribution >= 4 is 11.7 Å². The summed E-state index contributed by atoms with van der Waals surface area (Å²) >= 11 is 0. The van der Waals surface area contributed by atoms with Crippen LogP contribution < -0.4 is 10.6 Å². The van der Waals surface area contributed by atoms with Gasteiger partial charge in [-0.2, -0.15) is 13.2 Å². The average Bonchev–Trinajstić information content (AvgIpc) is 2.53. The van der Waals surface area contributed by atoms with Crippen LogP contribution in [0, 0.1) is 0 Å². The standard InChI is InChI=1S/C16H18F3N3O/c17-16(18,19)12-5-3-6-13(8-12)22-10-21(15(20)23)9-11-4-1-2-7-14(11)22/h3,5-6,8H,1-2,4,7,9-10H2,(H2,20,23). The number of nitrogens with two attached hydrogens (primary N) is 1. The first-order valence-corrected chi connectivity index (χ1v) is 7.56. The van der Waals surface area contributed by atoms with E-state index in [2.05, 4.69) is 0 Å². The fourth-order valence-corrected chi connectivity index (χ4v) is 3.22. The normalized spacial score (nSPS) is 18.9. The molecule has 0 bridgehead atoms. The van der Waals surface area contributed by atoms with E-state index in [1.807, 2.05) is 0 Å². The summed E-state index contributed by atoms with van der Waals surface area (Å²) in [6.07, 6.45) is -0.682. The summed E-state index contributed by atoms with van der Waals surface area (Å²) in [7, 11) is 0. The van der Waals surface area contributed by atoms with Gasteiger partial charge in [0.1, 0.15) is 0 Å². The molecule has 1 heterocycles. The van der Waals surface area contributed by atoms with Crippen molar-refractivity contribution in [3.8, 4) is 0 Å². The van der Waals surface area contributed by atoms with E-state index >= 15 is 0 Å². The lowest BCUT2D eigenvalue weighted by molar-refractivity contribution is -0.137. The van der Waals surface area contributed by atoms with Gasteiger partial charge in [0.05, 0.1) is 12.2 Å². The second-order valence-corrected chi connectivity index (χ2v) is 5.91. The first-order chi connectivity index (χ1) is 10.9. The summed E-state index contributed by atoms with van der Waals surface area (Å²) in [6, 6.07) is 4.65. The van der Waals surface area contributed by atoms with Gasteiger partial charge in [-0.3, -0.25) is 0 Å². The lowest BCUT2D eigenvalue weighted by Crippen LogP contribution is -2.49. The van der Waals surface area contributed by atoms with Gasteiger partial charge in [-0.25, -0.2) is 4.79 Å². The van der Waals surface area contributed by atoms with E-state index in [1.54, 1.807) is 11.0 Å². The highest BCUT2D eigenvalue weighted by atomic mass is 19.4. The molecule has 0 radical (unpaired) electrons. The highest BCUT2D eigenvalue weighted by Crippen LogP contribution is 2.37. The van der Waals surface area contributed by atoms with Gasteiger partial charge in [0.25, 0.3) is 0 Å². The predicted octanol–water partition coefficient (Wildman–Crippen LogP) is 3.69. The predicted molar refractivity (Wildman–Crippen MR) is 80.6 cm³/mol. The zero-order valence-corrected chi connectivity index (χ0v) is 12.6. The first-order valence-electron chi connectivity index (χ1n) is 7.56. The molecule has 3 rings (SSSR count). The maximum atomic E-state index is 13.0. The Hall–Kier alpha value is -2.18. The van der Waals surface area contributed by atoms with E-state index in [-0.39, 0.29) is 6.67 Å². The van der Waals surface area contributed by atoms with Gasteiger partial charge in [-0.05, 0) is 49.5 Å². The monoisotopic (exact) mass is 325 g/mol. The van der Waals surface area contributed by atoms with Crippen molar-refractivity contribution in [3.05, 3.63) is 41.1 Å². The summed E-state index contributed by atoms with van der Waals surface area (Å²) in [5.74, 6) is 0. The van der Waals surface area contributed by atoms with E-state index < -0.39 is 17.8 Å². The van der Waals surface area contributed by atoms with Crippen molar-refractivity contribution < 1.29 is 18.0 Å². The lowest BCUT2D eigenvalue weighted by atomic mass is 9.93. The SMILES string of the molecule is NC(=O)N1CC2=C(CCCC2)N(c2cccc(C(F)(F)F)c2)C1. The Morgan fingerprint density at radius 3 is 2.61 bits per heavy atom. The van der Waals surface area contributed by atoms with Gasteiger partial charge in [-0.1, -0.05) is 6.07 Å². The molecule has 124 valence electrons. The van der Waals surface area contributed by atoms with Crippen molar-refractivity contribution in [1.29, 1.82) is 0 Å². The molecule has 2 aliphatic rings. The van der Waals surface area contributed by atoms with Crippen molar-refractivity contribution in [2.75, 3.05) is 18.1 Å². The van der Waals surface area contributed by atoms with Crippen LogP contribution in [-0.4, -0.2) is 24.1 Å². The molecule has 4 nitrogen and oxygen atoms in total. The number of hydrogen-bond acceptors (Lipinski definition) is 2. The molecule has 2 N–H and O–H groups in total. The number of hydrogen-bond donors (Lipinski definition) is 1. The third-order valence-electron chi connectivity index (χ3n) is 4.37. The number of amides is 2. The number of carbonyl (C=O) groups excluding carboxylic acids is 1. The average molecular weight is 325 g/mol. The van der Waals surface area contributed by atoms with Crippen LogP contribution in [-0.2, 0) is 6.18 Å². The fourth-order valence-electron chi connectivity index (χ4n) is 3.22.